The van der Waals surface area contributed by atoms with E-state index in [1.54, 1.807) is 11.0 Å². The van der Waals surface area contributed by atoms with Crippen molar-refractivity contribution in [1.29, 1.82) is 0 Å². The van der Waals surface area contributed by atoms with Crippen LogP contribution < -0.4 is 0 Å². The molecule has 0 amide bonds. The van der Waals surface area contributed by atoms with Gasteiger partial charge >= 0.3 is 0 Å². The monoisotopic (exact) mass is 223 g/mol. The van der Waals surface area contributed by atoms with Gasteiger partial charge < -0.3 is 0 Å². The van der Waals surface area contributed by atoms with Crippen LogP contribution in [0.2, 0.25) is 0 Å². The van der Waals surface area contributed by atoms with Crippen LogP contribution in [-0.4, -0.2) is 15.0 Å². The second-order valence-corrected chi connectivity index (χ2v) is 3.10. The number of aromatic nitrogens is 3. The van der Waals surface area contributed by atoms with Gasteiger partial charge in [0.2, 0.25) is 0 Å². The van der Waals surface area contributed by atoms with Crippen molar-refractivity contribution in [1.82, 2.24) is 15.0 Å². The molecule has 0 aliphatic rings. The summed E-state index contributed by atoms with van der Waals surface area (Å²) in [5.74, 6) is 0. The zero-order valence-corrected chi connectivity index (χ0v) is 7.77. The Bertz CT molecular complexity index is 369. The van der Waals surface area contributed by atoms with E-state index in [-0.39, 0.29) is 0 Å². The average Bonchev–Trinajstić information content (AvgIpc) is 2.54. The first-order valence-corrected chi connectivity index (χ1v) is 4.29. The third-order valence-electron chi connectivity index (χ3n) is 1.45. The Morgan fingerprint density at radius 2 is 1.92 bits per heavy atom. The van der Waals surface area contributed by atoms with Crippen molar-refractivity contribution in [3.05, 3.63) is 41.1 Å². The number of rotatable bonds is 1. The van der Waals surface area contributed by atoms with Gasteiger partial charge in [-0.1, -0.05) is 18.2 Å². The molecule has 0 fully saturated rings. The van der Waals surface area contributed by atoms with Gasteiger partial charge in [-0.25, -0.2) is 0 Å². The highest BCUT2D eigenvalue weighted by molar-refractivity contribution is 9.10. The lowest BCUT2D eigenvalue weighted by molar-refractivity contribution is 0.748. The molecule has 2 aromatic rings. The summed E-state index contributed by atoms with van der Waals surface area (Å²) < 4.78 is 0.742. The molecular weight excluding hydrogens is 218 g/mol. The van der Waals surface area contributed by atoms with Crippen molar-refractivity contribution < 1.29 is 0 Å². The van der Waals surface area contributed by atoms with E-state index >= 15 is 0 Å². The van der Waals surface area contributed by atoms with Crippen LogP contribution in [0.1, 0.15) is 0 Å². The van der Waals surface area contributed by atoms with Gasteiger partial charge in [0.1, 0.15) is 4.60 Å². The molecule has 0 unspecified atom stereocenters. The molecule has 12 heavy (non-hydrogen) atoms. The Morgan fingerprint density at radius 1 is 1.17 bits per heavy atom. The third-order valence-corrected chi connectivity index (χ3v) is 1.81. The molecule has 0 saturated carbocycles. The van der Waals surface area contributed by atoms with Crippen LogP contribution in [0.5, 0.6) is 0 Å². The molecular formula is C8H6BrN3. The molecule has 0 atom stereocenters. The summed E-state index contributed by atoms with van der Waals surface area (Å²) in [7, 11) is 0. The van der Waals surface area contributed by atoms with E-state index in [0.717, 1.165) is 10.3 Å². The van der Waals surface area contributed by atoms with Crippen LogP contribution >= 0.6 is 15.9 Å². The fourth-order valence-corrected chi connectivity index (χ4v) is 1.17. The zero-order chi connectivity index (χ0) is 8.39. The van der Waals surface area contributed by atoms with Gasteiger partial charge in [0, 0.05) is 0 Å². The summed E-state index contributed by atoms with van der Waals surface area (Å²) in [5, 5.41) is 8.15. The van der Waals surface area contributed by atoms with Crippen molar-refractivity contribution in [2.45, 2.75) is 0 Å². The normalized spacial score (nSPS) is 10.1. The summed E-state index contributed by atoms with van der Waals surface area (Å²) in [6.45, 7) is 0. The second kappa shape index (κ2) is 3.06. The molecule has 0 N–H and O–H groups in total. The second-order valence-electron chi connectivity index (χ2n) is 2.29. The molecule has 0 aliphatic carbocycles. The molecule has 0 radical (unpaired) electrons. The van der Waals surface area contributed by atoms with Crippen molar-refractivity contribution in [3.63, 3.8) is 0 Å². The van der Waals surface area contributed by atoms with E-state index in [1.807, 2.05) is 30.3 Å². The Kier molecular flexibility index (Phi) is 1.91. The summed E-state index contributed by atoms with van der Waals surface area (Å²) in [5.41, 5.74) is 0.961. The molecule has 1 heterocycles. The predicted molar refractivity (Wildman–Crippen MR) is 49.1 cm³/mol. The molecule has 4 heteroatoms. The van der Waals surface area contributed by atoms with E-state index in [1.165, 1.54) is 0 Å². The fourth-order valence-electron chi connectivity index (χ4n) is 0.930. The Hall–Kier alpha value is -1.16. The van der Waals surface area contributed by atoms with Gasteiger partial charge in [0.05, 0.1) is 11.9 Å². The first-order valence-electron chi connectivity index (χ1n) is 3.49. The third kappa shape index (κ3) is 1.38. The van der Waals surface area contributed by atoms with Gasteiger partial charge in [-0.3, -0.25) is 0 Å². The van der Waals surface area contributed by atoms with Crippen molar-refractivity contribution in [2.75, 3.05) is 0 Å². The number of benzene rings is 1. The molecule has 1 aromatic carbocycles. The van der Waals surface area contributed by atoms with Gasteiger partial charge in [0.15, 0.2) is 0 Å². The van der Waals surface area contributed by atoms with Crippen LogP contribution in [-0.2, 0) is 0 Å². The van der Waals surface area contributed by atoms with E-state index in [0.29, 0.717) is 0 Å². The van der Waals surface area contributed by atoms with Crippen molar-refractivity contribution in [2.24, 2.45) is 0 Å². The van der Waals surface area contributed by atoms with E-state index in [4.69, 9.17) is 0 Å². The number of nitrogens with zero attached hydrogens (tertiary/aromatic N) is 3. The van der Waals surface area contributed by atoms with Gasteiger partial charge in [-0.2, -0.15) is 9.90 Å². The lowest BCUT2D eigenvalue weighted by Gasteiger charge is -1.95. The van der Waals surface area contributed by atoms with Gasteiger partial charge in [0.25, 0.3) is 0 Å². The highest BCUT2D eigenvalue weighted by atomic mass is 79.9. The van der Waals surface area contributed by atoms with Crippen molar-refractivity contribution >= 4 is 15.9 Å². The molecule has 60 valence electrons. The Balaban J connectivity index is 2.45. The lowest BCUT2D eigenvalue weighted by Crippen LogP contribution is -1.97. The van der Waals surface area contributed by atoms with Crippen LogP contribution in [0.15, 0.2) is 41.1 Å². The standard InChI is InChI=1S/C8H6BrN3/c9-8-6-10-12(11-8)7-4-2-1-3-5-7/h1-6H. The molecule has 0 bridgehead atoms. The smallest absolute Gasteiger partial charge is 0.148 e. The topological polar surface area (TPSA) is 30.7 Å². The van der Waals surface area contributed by atoms with Crippen LogP contribution in [0.25, 0.3) is 5.69 Å². The Morgan fingerprint density at radius 3 is 2.50 bits per heavy atom. The molecule has 0 spiro atoms. The first-order chi connectivity index (χ1) is 5.86. The molecule has 0 saturated heterocycles. The number of halogens is 1. The maximum absolute atomic E-state index is 4.10. The quantitative estimate of drug-likeness (QED) is 0.741. The molecule has 2 rings (SSSR count). The number of hydrogen-bond acceptors (Lipinski definition) is 2. The first kappa shape index (κ1) is 7.49. The highest BCUT2D eigenvalue weighted by Crippen LogP contribution is 2.07. The van der Waals surface area contributed by atoms with Crippen LogP contribution in [0, 0.1) is 0 Å². The summed E-state index contributed by atoms with van der Waals surface area (Å²) in [6.07, 6.45) is 1.66. The minimum Gasteiger partial charge on any atom is -0.156 e. The zero-order valence-electron chi connectivity index (χ0n) is 6.18. The predicted octanol–water partition coefficient (Wildman–Crippen LogP) is 2.03. The van der Waals surface area contributed by atoms with Crippen LogP contribution in [0.4, 0.5) is 0 Å². The van der Waals surface area contributed by atoms with Crippen LogP contribution in [0.3, 0.4) is 0 Å². The molecule has 1 aromatic heterocycles. The fraction of sp³-hybridized carbons (Fsp3) is 0. The summed E-state index contributed by atoms with van der Waals surface area (Å²) in [6, 6.07) is 9.76. The number of hydrogen-bond donors (Lipinski definition) is 0. The Labute approximate surface area is 78.2 Å². The largest absolute Gasteiger partial charge is 0.156 e. The van der Waals surface area contributed by atoms with E-state index in [2.05, 4.69) is 26.1 Å². The van der Waals surface area contributed by atoms with Gasteiger partial charge in [-0.15, -0.1) is 5.10 Å². The average molecular weight is 224 g/mol. The maximum atomic E-state index is 4.10. The lowest BCUT2D eigenvalue weighted by atomic mass is 10.3. The summed E-state index contributed by atoms with van der Waals surface area (Å²) in [4.78, 5) is 1.57. The minimum absolute atomic E-state index is 0.742. The molecule has 0 aliphatic heterocycles. The van der Waals surface area contributed by atoms with Crippen molar-refractivity contribution in [3.8, 4) is 5.69 Å². The minimum atomic E-state index is 0.742. The molecule has 3 nitrogen and oxygen atoms in total. The number of para-hydroxylation sites is 1. The maximum Gasteiger partial charge on any atom is 0.148 e. The van der Waals surface area contributed by atoms with E-state index in [9.17, 15) is 0 Å². The summed E-state index contributed by atoms with van der Waals surface area (Å²) >= 11 is 3.23. The SMILES string of the molecule is Brc1cnn(-c2ccccc2)n1. The highest BCUT2D eigenvalue weighted by Gasteiger charge is 1.97. The van der Waals surface area contributed by atoms with Gasteiger partial charge in [-0.05, 0) is 28.1 Å². The van der Waals surface area contributed by atoms with E-state index < -0.39 is 0 Å².